The highest BCUT2D eigenvalue weighted by atomic mass is 32.2. The minimum absolute atomic E-state index is 0.795. The van der Waals surface area contributed by atoms with E-state index in [1.54, 1.807) is 0 Å². The zero-order chi connectivity index (χ0) is 33.7. The van der Waals surface area contributed by atoms with Gasteiger partial charge < -0.3 is 0 Å². The fraction of sp³-hybridized carbons (Fsp3) is 0. The maximum Gasteiger partial charge on any atom is 0.0875 e. The van der Waals surface area contributed by atoms with Crippen LogP contribution < -0.4 is 0 Å². The van der Waals surface area contributed by atoms with Crippen LogP contribution >= 0.6 is 0 Å². The second-order valence-corrected chi connectivity index (χ2v) is 13.6. The summed E-state index contributed by atoms with van der Waals surface area (Å²) < 4.78 is 16.0. The molecule has 0 saturated heterocycles. The molecule has 0 N–H and O–H groups in total. The fourth-order valence-electron chi connectivity index (χ4n) is 6.68. The van der Waals surface area contributed by atoms with Crippen LogP contribution in [-0.2, 0) is 10.8 Å². The van der Waals surface area contributed by atoms with Gasteiger partial charge in [0.25, 0.3) is 0 Å². The summed E-state index contributed by atoms with van der Waals surface area (Å²) >= 11 is 0. The molecule has 0 aromatic heterocycles. The van der Waals surface area contributed by atoms with E-state index in [9.17, 15) is 0 Å². The van der Waals surface area contributed by atoms with Crippen LogP contribution in [0.3, 0.4) is 0 Å². The third-order valence-electron chi connectivity index (χ3n) is 9.10. The molecule has 0 fully saturated rings. The van der Waals surface area contributed by atoms with Gasteiger partial charge in [-0.2, -0.15) is 0 Å². The molecule has 0 unspecified atom stereocenters. The molecule has 0 radical (unpaired) electrons. The van der Waals surface area contributed by atoms with Gasteiger partial charge in [-0.25, -0.2) is 4.21 Å². The van der Waals surface area contributed by atoms with Crippen LogP contribution in [0.2, 0.25) is 0 Å². The minimum Gasteiger partial charge on any atom is -0.249 e. The molecule has 0 bridgehead atoms. The van der Waals surface area contributed by atoms with Gasteiger partial charge in [0.05, 0.1) is 20.6 Å². The first-order chi connectivity index (χ1) is 24.7. The van der Waals surface area contributed by atoms with Gasteiger partial charge in [0.1, 0.15) is 0 Å². The molecule has 50 heavy (non-hydrogen) atoms. The Morgan fingerprint density at radius 3 is 0.660 bits per heavy atom. The van der Waals surface area contributed by atoms with Crippen LogP contribution in [0.15, 0.2) is 216 Å². The van der Waals surface area contributed by atoms with E-state index in [1.165, 1.54) is 0 Å². The van der Waals surface area contributed by atoms with Crippen molar-refractivity contribution >= 4 is 10.8 Å². The molecule has 0 aliphatic rings. The van der Waals surface area contributed by atoms with Gasteiger partial charge in [0, 0.05) is 0 Å². The van der Waals surface area contributed by atoms with E-state index in [0.717, 1.165) is 76.6 Å². The van der Waals surface area contributed by atoms with Crippen molar-refractivity contribution in [2.75, 3.05) is 0 Å². The highest BCUT2D eigenvalue weighted by Gasteiger charge is 2.27. The largest absolute Gasteiger partial charge is 0.249 e. The molecule has 0 saturated carbocycles. The number of rotatable bonds is 8. The molecular weight excluding hydrogens is 625 g/mol. The van der Waals surface area contributed by atoms with Gasteiger partial charge >= 0.3 is 0 Å². The summed E-state index contributed by atoms with van der Waals surface area (Å²) in [7, 11) is -1.62. The van der Waals surface area contributed by atoms with Crippen molar-refractivity contribution in [2.24, 2.45) is 0 Å². The Hall–Kier alpha value is -6.09. The lowest BCUT2D eigenvalue weighted by Crippen LogP contribution is -2.05. The number of hydrogen-bond acceptors (Lipinski definition) is 1. The molecule has 0 atom stereocenters. The van der Waals surface area contributed by atoms with Crippen LogP contribution in [0.25, 0.3) is 66.8 Å². The molecule has 8 rings (SSSR count). The van der Waals surface area contributed by atoms with E-state index >= 15 is 4.21 Å². The molecule has 8 aromatic rings. The Morgan fingerprint density at radius 2 is 0.440 bits per heavy atom. The van der Waals surface area contributed by atoms with Crippen molar-refractivity contribution in [1.29, 1.82) is 0 Å². The normalized spacial score (nSPS) is 11.1. The molecule has 2 heteroatoms. The molecule has 238 valence electrons. The summed E-state index contributed by atoms with van der Waals surface area (Å²) in [5, 5.41) is 0. The van der Waals surface area contributed by atoms with Crippen molar-refractivity contribution in [1.82, 2.24) is 0 Å². The summed E-state index contributed by atoms with van der Waals surface area (Å²) in [6, 6.07) is 71.3. The van der Waals surface area contributed by atoms with Gasteiger partial charge in [-0.05, 0) is 91.0 Å². The quantitative estimate of drug-likeness (QED) is 0.159. The Bertz CT molecular complexity index is 2100. The first kappa shape index (κ1) is 31.2. The summed E-state index contributed by atoms with van der Waals surface area (Å²) in [6.07, 6.45) is 0. The van der Waals surface area contributed by atoms with E-state index in [4.69, 9.17) is 0 Å². The van der Waals surface area contributed by atoms with Gasteiger partial charge in [-0.1, -0.05) is 182 Å². The molecule has 0 heterocycles. The minimum atomic E-state index is -1.62. The standard InChI is InChI=1S/C48H34OS/c49-50(47-43(37-23-11-3-12-24-37)31-41(35-19-7-1-8-20-35)32-44(47)38-25-13-4-14-26-38)48-45(39-27-15-5-16-28-39)33-42(36-21-9-2-10-22-36)34-46(48)40-29-17-6-18-30-40/h1-34H. The first-order valence-electron chi connectivity index (χ1n) is 16.8. The van der Waals surface area contributed by atoms with E-state index in [0.29, 0.717) is 0 Å². The van der Waals surface area contributed by atoms with Crippen LogP contribution in [0.5, 0.6) is 0 Å². The van der Waals surface area contributed by atoms with Crippen LogP contribution in [0, 0.1) is 0 Å². The lowest BCUT2D eigenvalue weighted by atomic mass is 9.93. The van der Waals surface area contributed by atoms with E-state index in [1.807, 2.05) is 36.4 Å². The van der Waals surface area contributed by atoms with Crippen molar-refractivity contribution < 1.29 is 4.21 Å². The maximum absolute atomic E-state index is 16.0. The summed E-state index contributed by atoms with van der Waals surface area (Å²) in [5.41, 5.74) is 12.3. The van der Waals surface area contributed by atoms with Crippen molar-refractivity contribution in [2.45, 2.75) is 9.79 Å². The molecule has 8 aromatic carbocycles. The second-order valence-electron chi connectivity index (χ2n) is 12.3. The summed E-state index contributed by atoms with van der Waals surface area (Å²) in [5.74, 6) is 0. The van der Waals surface area contributed by atoms with Crippen molar-refractivity contribution in [3.63, 3.8) is 0 Å². The van der Waals surface area contributed by atoms with Gasteiger partial charge in [0.15, 0.2) is 0 Å². The SMILES string of the molecule is O=S(c1c(-c2ccccc2)cc(-c2ccccc2)cc1-c1ccccc1)c1c(-c2ccccc2)cc(-c2ccccc2)cc1-c1ccccc1. The zero-order valence-corrected chi connectivity index (χ0v) is 28.3. The van der Waals surface area contributed by atoms with Gasteiger partial charge in [0.2, 0.25) is 0 Å². The maximum atomic E-state index is 16.0. The Morgan fingerprint density at radius 1 is 0.240 bits per heavy atom. The van der Waals surface area contributed by atoms with Crippen LogP contribution in [0.1, 0.15) is 0 Å². The van der Waals surface area contributed by atoms with Gasteiger partial charge in [-0.15, -0.1) is 0 Å². The molecule has 0 aliphatic carbocycles. The Labute approximate surface area is 296 Å². The monoisotopic (exact) mass is 658 g/mol. The first-order valence-corrected chi connectivity index (χ1v) is 18.0. The predicted octanol–water partition coefficient (Wildman–Crippen LogP) is 12.9. The lowest BCUT2D eigenvalue weighted by molar-refractivity contribution is 0.684. The van der Waals surface area contributed by atoms with Crippen molar-refractivity contribution in [3.8, 4) is 66.8 Å². The highest BCUT2D eigenvalue weighted by molar-refractivity contribution is 7.85. The third kappa shape index (κ3) is 6.25. The van der Waals surface area contributed by atoms with Crippen LogP contribution in [0.4, 0.5) is 0 Å². The molecule has 1 nitrogen and oxygen atoms in total. The predicted molar refractivity (Wildman–Crippen MR) is 210 cm³/mol. The van der Waals surface area contributed by atoms with E-state index in [-0.39, 0.29) is 0 Å². The smallest absolute Gasteiger partial charge is 0.0875 e. The number of benzene rings is 8. The van der Waals surface area contributed by atoms with Gasteiger partial charge in [-0.3, -0.25) is 0 Å². The summed E-state index contributed by atoms with van der Waals surface area (Å²) in [4.78, 5) is 1.59. The van der Waals surface area contributed by atoms with Crippen molar-refractivity contribution in [3.05, 3.63) is 206 Å². The topological polar surface area (TPSA) is 17.1 Å². The average Bonchev–Trinajstić information content (AvgIpc) is 3.21. The zero-order valence-electron chi connectivity index (χ0n) is 27.4. The fourth-order valence-corrected chi connectivity index (χ4v) is 8.39. The Kier molecular flexibility index (Phi) is 8.85. The molecule has 0 spiro atoms. The van der Waals surface area contributed by atoms with E-state index in [2.05, 4.69) is 170 Å². The average molecular weight is 659 g/mol. The van der Waals surface area contributed by atoms with Crippen LogP contribution in [-0.4, -0.2) is 4.21 Å². The number of hydrogen-bond donors (Lipinski definition) is 0. The summed E-state index contributed by atoms with van der Waals surface area (Å²) in [6.45, 7) is 0. The highest BCUT2D eigenvalue weighted by Crippen LogP contribution is 2.46. The van der Waals surface area contributed by atoms with E-state index < -0.39 is 10.8 Å². The second kappa shape index (κ2) is 14.2. The lowest BCUT2D eigenvalue weighted by Gasteiger charge is -2.22. The molecule has 0 amide bonds. The molecular formula is C48H34OS. The Balaban J connectivity index is 1.49. The third-order valence-corrected chi connectivity index (χ3v) is 10.7. The molecule has 0 aliphatic heterocycles.